The minimum Gasteiger partial charge on any atom is -0.366 e. The van der Waals surface area contributed by atoms with Crippen LogP contribution >= 0.6 is 0 Å². The molecule has 0 saturated carbocycles. The number of allylic oxidation sites excluding steroid dienone is 1. The Morgan fingerprint density at radius 3 is 2.86 bits per heavy atom. The van der Waals surface area contributed by atoms with Crippen molar-refractivity contribution in [3.63, 3.8) is 0 Å². The van der Waals surface area contributed by atoms with Crippen LogP contribution in [0.2, 0.25) is 0 Å². The number of H-pyrrole nitrogens is 1. The van der Waals surface area contributed by atoms with Crippen LogP contribution in [-0.2, 0) is 0 Å². The SMILES string of the molecule is CC(C)=CCNC(=O)c1nc(N)n[nH]1. The summed E-state index contributed by atoms with van der Waals surface area (Å²) in [5, 5.41) is 8.61. The maximum atomic E-state index is 11.3. The van der Waals surface area contributed by atoms with Crippen LogP contribution in [0.15, 0.2) is 11.6 Å². The maximum absolute atomic E-state index is 11.3. The molecule has 14 heavy (non-hydrogen) atoms. The van der Waals surface area contributed by atoms with Gasteiger partial charge in [0.15, 0.2) is 0 Å². The van der Waals surface area contributed by atoms with Gasteiger partial charge >= 0.3 is 0 Å². The summed E-state index contributed by atoms with van der Waals surface area (Å²) in [4.78, 5) is 15.0. The van der Waals surface area contributed by atoms with Crippen molar-refractivity contribution in [2.75, 3.05) is 12.3 Å². The molecule has 0 fully saturated rings. The first-order chi connectivity index (χ1) is 6.59. The van der Waals surface area contributed by atoms with Crippen molar-refractivity contribution in [3.8, 4) is 0 Å². The van der Waals surface area contributed by atoms with E-state index in [0.717, 1.165) is 5.57 Å². The Morgan fingerprint density at radius 2 is 2.36 bits per heavy atom. The van der Waals surface area contributed by atoms with Crippen LogP contribution in [0.1, 0.15) is 24.5 Å². The predicted molar refractivity (Wildman–Crippen MR) is 52.6 cm³/mol. The normalized spacial score (nSPS) is 9.57. The van der Waals surface area contributed by atoms with E-state index in [1.54, 1.807) is 0 Å². The highest BCUT2D eigenvalue weighted by Crippen LogP contribution is 1.92. The predicted octanol–water partition coefficient (Wildman–Crippen LogP) is 0.0829. The molecular formula is C8H13N5O. The van der Waals surface area contributed by atoms with E-state index in [1.807, 2.05) is 19.9 Å². The van der Waals surface area contributed by atoms with Crippen LogP contribution in [0.3, 0.4) is 0 Å². The summed E-state index contributed by atoms with van der Waals surface area (Å²) in [6.45, 7) is 4.39. The molecule has 1 amide bonds. The minimum absolute atomic E-state index is 0.0670. The molecule has 0 unspecified atom stereocenters. The number of carbonyl (C=O) groups excluding carboxylic acids is 1. The van der Waals surface area contributed by atoms with Crippen molar-refractivity contribution < 1.29 is 4.79 Å². The van der Waals surface area contributed by atoms with E-state index in [-0.39, 0.29) is 17.7 Å². The number of hydrogen-bond acceptors (Lipinski definition) is 4. The zero-order chi connectivity index (χ0) is 10.6. The Labute approximate surface area is 81.6 Å². The summed E-state index contributed by atoms with van der Waals surface area (Å²) in [6, 6.07) is 0. The first kappa shape index (κ1) is 10.2. The second-order valence-electron chi connectivity index (χ2n) is 3.03. The Kier molecular flexibility index (Phi) is 3.22. The lowest BCUT2D eigenvalue weighted by atomic mass is 10.3. The van der Waals surface area contributed by atoms with Gasteiger partial charge in [0.1, 0.15) is 0 Å². The highest BCUT2D eigenvalue weighted by Gasteiger charge is 2.08. The number of carbonyl (C=O) groups is 1. The zero-order valence-electron chi connectivity index (χ0n) is 8.16. The number of nitrogens with one attached hydrogen (secondary N) is 2. The van der Waals surface area contributed by atoms with E-state index in [0.29, 0.717) is 6.54 Å². The van der Waals surface area contributed by atoms with Crippen LogP contribution < -0.4 is 11.1 Å². The second kappa shape index (κ2) is 4.40. The van der Waals surface area contributed by atoms with Crippen LogP contribution in [0.4, 0.5) is 5.95 Å². The fourth-order valence-electron chi connectivity index (χ4n) is 0.808. The number of nitrogens with zero attached hydrogens (tertiary/aromatic N) is 2. The maximum Gasteiger partial charge on any atom is 0.288 e. The van der Waals surface area contributed by atoms with Crippen LogP contribution in [-0.4, -0.2) is 27.6 Å². The van der Waals surface area contributed by atoms with E-state index in [4.69, 9.17) is 5.73 Å². The van der Waals surface area contributed by atoms with Crippen LogP contribution in [0.25, 0.3) is 0 Å². The number of aromatic amines is 1. The van der Waals surface area contributed by atoms with Gasteiger partial charge in [-0.2, -0.15) is 4.98 Å². The van der Waals surface area contributed by atoms with Crippen molar-refractivity contribution in [1.29, 1.82) is 0 Å². The van der Waals surface area contributed by atoms with E-state index in [1.165, 1.54) is 0 Å². The number of nitrogen functional groups attached to an aromatic ring is 1. The number of hydrogen-bond donors (Lipinski definition) is 3. The summed E-state index contributed by atoms with van der Waals surface area (Å²) in [5.41, 5.74) is 6.39. The molecule has 0 radical (unpaired) electrons. The molecule has 6 nitrogen and oxygen atoms in total. The van der Waals surface area contributed by atoms with Gasteiger partial charge in [-0.05, 0) is 13.8 Å². The lowest BCUT2D eigenvalue weighted by molar-refractivity contribution is 0.0948. The number of anilines is 1. The fraction of sp³-hybridized carbons (Fsp3) is 0.375. The Morgan fingerprint density at radius 1 is 1.64 bits per heavy atom. The molecule has 0 spiro atoms. The topological polar surface area (TPSA) is 96.7 Å². The Bertz CT molecular complexity index is 350. The molecular weight excluding hydrogens is 182 g/mol. The van der Waals surface area contributed by atoms with Crippen molar-refractivity contribution in [3.05, 3.63) is 17.5 Å². The third-order valence-electron chi connectivity index (χ3n) is 1.49. The molecule has 0 aliphatic carbocycles. The largest absolute Gasteiger partial charge is 0.366 e. The smallest absolute Gasteiger partial charge is 0.288 e. The molecule has 76 valence electrons. The van der Waals surface area contributed by atoms with Gasteiger partial charge in [-0.1, -0.05) is 11.6 Å². The lowest BCUT2D eigenvalue weighted by Crippen LogP contribution is -2.24. The van der Waals surface area contributed by atoms with Crippen LogP contribution in [0, 0.1) is 0 Å². The van der Waals surface area contributed by atoms with E-state index >= 15 is 0 Å². The van der Waals surface area contributed by atoms with Gasteiger partial charge in [0.05, 0.1) is 0 Å². The van der Waals surface area contributed by atoms with Gasteiger partial charge in [-0.25, -0.2) is 0 Å². The molecule has 0 aliphatic heterocycles. The number of nitrogens with two attached hydrogens (primary N) is 1. The van der Waals surface area contributed by atoms with Gasteiger partial charge in [0.2, 0.25) is 11.8 Å². The van der Waals surface area contributed by atoms with Crippen molar-refractivity contribution >= 4 is 11.9 Å². The average Bonchev–Trinajstić information content (AvgIpc) is 2.51. The first-order valence-electron chi connectivity index (χ1n) is 4.19. The molecule has 0 bridgehead atoms. The summed E-state index contributed by atoms with van der Waals surface area (Å²) in [7, 11) is 0. The minimum atomic E-state index is -0.313. The molecule has 1 aromatic rings. The average molecular weight is 195 g/mol. The molecule has 4 N–H and O–H groups in total. The van der Waals surface area contributed by atoms with Gasteiger partial charge in [0, 0.05) is 6.54 Å². The van der Waals surface area contributed by atoms with E-state index in [9.17, 15) is 4.79 Å². The number of aromatic nitrogens is 3. The van der Waals surface area contributed by atoms with Gasteiger partial charge in [0.25, 0.3) is 5.91 Å². The number of rotatable bonds is 3. The Hall–Kier alpha value is -1.85. The number of amides is 1. The first-order valence-corrected chi connectivity index (χ1v) is 4.19. The third-order valence-corrected chi connectivity index (χ3v) is 1.49. The van der Waals surface area contributed by atoms with Gasteiger partial charge in [-0.3, -0.25) is 9.89 Å². The second-order valence-corrected chi connectivity index (χ2v) is 3.03. The van der Waals surface area contributed by atoms with E-state index in [2.05, 4.69) is 20.5 Å². The Balaban J connectivity index is 2.47. The highest BCUT2D eigenvalue weighted by atomic mass is 16.2. The molecule has 0 atom stereocenters. The fourth-order valence-corrected chi connectivity index (χ4v) is 0.808. The molecule has 1 aromatic heterocycles. The molecule has 0 saturated heterocycles. The summed E-state index contributed by atoms with van der Waals surface area (Å²) < 4.78 is 0. The van der Waals surface area contributed by atoms with Gasteiger partial charge < -0.3 is 11.1 Å². The molecule has 0 aromatic carbocycles. The van der Waals surface area contributed by atoms with Crippen molar-refractivity contribution in [1.82, 2.24) is 20.5 Å². The lowest BCUT2D eigenvalue weighted by Gasteiger charge is -1.97. The van der Waals surface area contributed by atoms with Crippen molar-refractivity contribution in [2.24, 2.45) is 0 Å². The van der Waals surface area contributed by atoms with E-state index < -0.39 is 0 Å². The quantitative estimate of drug-likeness (QED) is 0.595. The van der Waals surface area contributed by atoms with Crippen LogP contribution in [0.5, 0.6) is 0 Å². The standard InChI is InChI=1S/C8H13N5O/c1-5(2)3-4-10-7(14)6-11-8(9)13-12-6/h3H,4H2,1-2H3,(H,10,14)(H3,9,11,12,13). The highest BCUT2D eigenvalue weighted by molar-refractivity contribution is 5.90. The summed E-state index contributed by atoms with van der Waals surface area (Å²) in [5.74, 6) is -0.117. The molecule has 0 aliphatic rings. The monoisotopic (exact) mass is 195 g/mol. The zero-order valence-corrected chi connectivity index (χ0v) is 8.16. The summed E-state index contributed by atoms with van der Waals surface area (Å²) >= 11 is 0. The molecule has 1 heterocycles. The summed E-state index contributed by atoms with van der Waals surface area (Å²) in [6.07, 6.45) is 1.90. The molecule has 6 heteroatoms. The third kappa shape index (κ3) is 2.89. The van der Waals surface area contributed by atoms with Crippen molar-refractivity contribution in [2.45, 2.75) is 13.8 Å². The molecule has 1 rings (SSSR count). The van der Waals surface area contributed by atoms with Gasteiger partial charge in [-0.15, -0.1) is 5.10 Å².